The van der Waals surface area contributed by atoms with Crippen molar-refractivity contribution in [1.82, 2.24) is 8.52 Å². The lowest BCUT2D eigenvalue weighted by atomic mass is 10.3. The van der Waals surface area contributed by atoms with Crippen molar-refractivity contribution in [3.63, 3.8) is 0 Å². The number of hydrogen-bond donors (Lipinski definition) is 0. The summed E-state index contributed by atoms with van der Waals surface area (Å²) >= 11 is 0.878. The lowest BCUT2D eigenvalue weighted by Crippen LogP contribution is -2.26. The third kappa shape index (κ3) is 2.66. The minimum atomic E-state index is -0.346. The van der Waals surface area contributed by atoms with Gasteiger partial charge in [0.2, 0.25) is 0 Å². The fourth-order valence-electron chi connectivity index (χ4n) is 1.92. The summed E-state index contributed by atoms with van der Waals surface area (Å²) in [5.74, 6) is 1.37. The van der Waals surface area contributed by atoms with E-state index in [-0.39, 0.29) is 10.6 Å². The molecule has 0 N–H and O–H groups in total. The Morgan fingerprint density at radius 3 is 2.10 bits per heavy atom. The van der Waals surface area contributed by atoms with E-state index < -0.39 is 0 Å². The first-order valence-corrected chi connectivity index (χ1v) is 7.05. The van der Waals surface area contributed by atoms with Gasteiger partial charge in [-0.15, -0.1) is 0 Å². The van der Waals surface area contributed by atoms with Crippen molar-refractivity contribution in [2.45, 2.75) is 0 Å². The summed E-state index contributed by atoms with van der Waals surface area (Å²) in [5.41, 5.74) is 0.184. The Labute approximate surface area is 124 Å². The summed E-state index contributed by atoms with van der Waals surface area (Å²) in [6, 6.07) is 16.2. The van der Waals surface area contributed by atoms with Crippen LogP contribution in [0.3, 0.4) is 0 Å². The lowest BCUT2D eigenvalue weighted by Gasteiger charge is -2.06. The van der Waals surface area contributed by atoms with E-state index >= 15 is 0 Å². The van der Waals surface area contributed by atoms with E-state index in [1.165, 1.54) is 3.96 Å². The lowest BCUT2D eigenvalue weighted by molar-refractivity contribution is 0.482. The Hall–Kier alpha value is -2.60. The molecule has 0 saturated heterocycles. The van der Waals surface area contributed by atoms with E-state index in [9.17, 15) is 9.59 Å². The molecule has 2 aromatic carbocycles. The van der Waals surface area contributed by atoms with Crippen LogP contribution in [0.2, 0.25) is 0 Å². The topological polar surface area (TPSA) is 53.2 Å². The number of nitrogens with zero attached hydrogens (tertiary/aromatic N) is 2. The average Bonchev–Trinajstić information content (AvgIpc) is 2.74. The molecule has 0 unspecified atom stereocenters. The predicted octanol–water partition coefficient (Wildman–Crippen LogP) is 2.39. The highest BCUT2D eigenvalue weighted by atomic mass is 32.1. The molecule has 0 radical (unpaired) electrons. The number of aromatic nitrogens is 2. The number of para-hydroxylation sites is 1. The van der Waals surface area contributed by atoms with Gasteiger partial charge in [-0.3, -0.25) is 4.79 Å². The maximum Gasteiger partial charge on any atom is 0.345 e. The Morgan fingerprint density at radius 1 is 0.905 bits per heavy atom. The molecule has 0 amide bonds. The van der Waals surface area contributed by atoms with Crippen LogP contribution in [0, 0.1) is 0 Å². The molecule has 21 heavy (non-hydrogen) atoms. The molecule has 0 fully saturated rings. The van der Waals surface area contributed by atoms with Gasteiger partial charge < -0.3 is 4.74 Å². The molecule has 0 atom stereocenters. The van der Waals surface area contributed by atoms with Crippen molar-refractivity contribution in [1.29, 1.82) is 0 Å². The normalized spacial score (nSPS) is 10.5. The monoisotopic (exact) mass is 300 g/mol. The summed E-state index contributed by atoms with van der Waals surface area (Å²) in [4.78, 5) is 23.3. The average molecular weight is 300 g/mol. The largest absolute Gasteiger partial charge is 0.457 e. The fourth-order valence-corrected chi connectivity index (χ4v) is 2.58. The number of ether oxygens (including phenoxy) is 1. The molecule has 6 heteroatoms. The molecule has 3 rings (SSSR count). The van der Waals surface area contributed by atoms with Gasteiger partial charge in [-0.25, -0.2) is 13.3 Å². The molecule has 5 nitrogen and oxygen atoms in total. The third-order valence-electron chi connectivity index (χ3n) is 2.93. The second-order valence-corrected chi connectivity index (χ2v) is 5.46. The molecular weight excluding hydrogens is 288 g/mol. The molecular formula is C15H12N2O3S. The molecule has 0 aliphatic carbocycles. The molecule has 0 bridgehead atoms. The third-order valence-corrected chi connectivity index (χ3v) is 3.70. The van der Waals surface area contributed by atoms with Gasteiger partial charge in [0, 0.05) is 18.6 Å². The van der Waals surface area contributed by atoms with Gasteiger partial charge in [-0.2, -0.15) is 0 Å². The Balaban J connectivity index is 1.91. The van der Waals surface area contributed by atoms with Gasteiger partial charge in [0.05, 0.1) is 5.69 Å². The Morgan fingerprint density at radius 2 is 1.52 bits per heavy atom. The minimum absolute atomic E-state index is 0.306. The Kier molecular flexibility index (Phi) is 3.45. The van der Waals surface area contributed by atoms with Gasteiger partial charge in [0.25, 0.3) is 0 Å². The van der Waals surface area contributed by atoms with Crippen LogP contribution < -0.4 is 15.3 Å². The van der Waals surface area contributed by atoms with Crippen LogP contribution in [0.4, 0.5) is 0 Å². The van der Waals surface area contributed by atoms with E-state index in [2.05, 4.69) is 0 Å². The fraction of sp³-hybridized carbons (Fsp3) is 0.0667. The van der Waals surface area contributed by atoms with Crippen LogP contribution in [0.15, 0.2) is 64.2 Å². The smallest absolute Gasteiger partial charge is 0.345 e. The van der Waals surface area contributed by atoms with Gasteiger partial charge in [0.1, 0.15) is 11.5 Å². The van der Waals surface area contributed by atoms with Crippen molar-refractivity contribution in [3.8, 4) is 17.2 Å². The molecule has 0 aliphatic rings. The second kappa shape index (κ2) is 5.41. The van der Waals surface area contributed by atoms with Crippen LogP contribution >= 0.6 is 11.5 Å². The maximum atomic E-state index is 11.9. The zero-order valence-corrected chi connectivity index (χ0v) is 12.0. The molecule has 3 aromatic rings. The number of benzene rings is 2. The van der Waals surface area contributed by atoms with Crippen molar-refractivity contribution >= 4 is 11.5 Å². The molecule has 0 spiro atoms. The molecule has 106 valence electrons. The van der Waals surface area contributed by atoms with Gasteiger partial charge in [0.15, 0.2) is 0 Å². The number of hydrogen-bond acceptors (Lipinski definition) is 4. The summed E-state index contributed by atoms with van der Waals surface area (Å²) in [5, 5.41) is 0. The zero-order valence-electron chi connectivity index (χ0n) is 11.2. The maximum absolute atomic E-state index is 11.9. The first-order valence-electron chi connectivity index (χ1n) is 6.28. The Bertz CT molecular complexity index is 860. The van der Waals surface area contributed by atoms with Crippen LogP contribution in [0.5, 0.6) is 11.5 Å². The molecule has 0 aliphatic heterocycles. The number of rotatable bonds is 3. The highest BCUT2D eigenvalue weighted by Gasteiger charge is 2.09. The van der Waals surface area contributed by atoms with Crippen LogP contribution in [-0.4, -0.2) is 8.52 Å². The van der Waals surface area contributed by atoms with E-state index in [4.69, 9.17) is 4.74 Å². The van der Waals surface area contributed by atoms with E-state index in [0.717, 1.165) is 21.8 Å². The second-order valence-electron chi connectivity index (χ2n) is 4.38. The highest BCUT2D eigenvalue weighted by Crippen LogP contribution is 2.21. The van der Waals surface area contributed by atoms with Crippen molar-refractivity contribution in [3.05, 3.63) is 74.7 Å². The summed E-state index contributed by atoms with van der Waals surface area (Å²) in [7, 11) is 1.57. The summed E-state index contributed by atoms with van der Waals surface area (Å²) in [6.07, 6.45) is 0. The highest BCUT2D eigenvalue weighted by molar-refractivity contribution is 7.03. The predicted molar refractivity (Wildman–Crippen MR) is 81.7 cm³/mol. The molecule has 1 aromatic heterocycles. The zero-order chi connectivity index (χ0) is 14.8. The minimum Gasteiger partial charge on any atom is -0.457 e. The molecule has 0 saturated carbocycles. The van der Waals surface area contributed by atoms with Crippen LogP contribution in [-0.2, 0) is 7.05 Å². The SMILES string of the molecule is Cn1sc(=O)n(-c2ccc(Oc3ccccc3)cc2)c1=O. The van der Waals surface area contributed by atoms with Crippen LogP contribution in [0.25, 0.3) is 5.69 Å². The standard InChI is InChI=1S/C15H12N2O3S/c1-16-14(18)17(15(19)21-16)11-7-9-13(10-8-11)20-12-5-3-2-4-6-12/h2-10H,1H3. The quantitative estimate of drug-likeness (QED) is 0.746. The first kappa shape index (κ1) is 13.4. The van der Waals surface area contributed by atoms with E-state index in [0.29, 0.717) is 11.4 Å². The van der Waals surface area contributed by atoms with Crippen molar-refractivity contribution < 1.29 is 4.74 Å². The number of aryl methyl sites for hydroxylation is 1. The molecule has 1 heterocycles. The van der Waals surface area contributed by atoms with Gasteiger partial charge in [-0.1, -0.05) is 18.2 Å². The van der Waals surface area contributed by atoms with Gasteiger partial charge >= 0.3 is 10.6 Å². The summed E-state index contributed by atoms with van der Waals surface area (Å²) < 4.78 is 8.10. The summed E-state index contributed by atoms with van der Waals surface area (Å²) in [6.45, 7) is 0. The van der Waals surface area contributed by atoms with Crippen LogP contribution in [0.1, 0.15) is 0 Å². The first-order chi connectivity index (χ1) is 10.1. The van der Waals surface area contributed by atoms with Crippen molar-refractivity contribution in [2.75, 3.05) is 0 Å². The van der Waals surface area contributed by atoms with Gasteiger partial charge in [-0.05, 0) is 36.4 Å². The van der Waals surface area contributed by atoms with E-state index in [1.807, 2.05) is 30.3 Å². The van der Waals surface area contributed by atoms with Crippen molar-refractivity contribution in [2.24, 2.45) is 7.05 Å². The van der Waals surface area contributed by atoms with E-state index in [1.54, 1.807) is 31.3 Å².